The molecule has 2 aromatic heterocycles. The molecule has 0 atom stereocenters. The second-order valence-electron chi connectivity index (χ2n) is 9.07. The summed E-state index contributed by atoms with van der Waals surface area (Å²) in [6.45, 7) is 12.6. The van der Waals surface area contributed by atoms with Gasteiger partial charge in [-0.05, 0) is 42.4 Å². The Bertz CT molecular complexity index is 987. The summed E-state index contributed by atoms with van der Waals surface area (Å²) in [6.07, 6.45) is 3.16. The molecule has 1 aliphatic heterocycles. The number of hydrogen-bond acceptors (Lipinski definition) is 6. The fraction of sp³-hybridized carbons (Fsp3) is 0.500. The zero-order chi connectivity index (χ0) is 22.9. The van der Waals surface area contributed by atoms with Gasteiger partial charge in [-0.15, -0.1) is 0 Å². The van der Waals surface area contributed by atoms with Gasteiger partial charge in [-0.3, -0.25) is 4.72 Å². The third-order valence-corrected chi connectivity index (χ3v) is 11.9. The molecular formula is C20H30ClN5O3SSi. The Hall–Kier alpha value is -1.88. The van der Waals surface area contributed by atoms with E-state index in [1.807, 2.05) is 11.0 Å². The Kier molecular flexibility index (Phi) is 6.85. The Morgan fingerprint density at radius 1 is 1.03 bits per heavy atom. The van der Waals surface area contributed by atoms with E-state index in [0.29, 0.717) is 37.0 Å². The van der Waals surface area contributed by atoms with Crippen molar-refractivity contribution >= 4 is 41.8 Å². The van der Waals surface area contributed by atoms with Crippen molar-refractivity contribution < 1.29 is 12.8 Å². The van der Waals surface area contributed by atoms with Crippen LogP contribution in [-0.2, 0) is 10.2 Å². The van der Waals surface area contributed by atoms with Crippen molar-refractivity contribution in [3.8, 4) is 5.75 Å². The Balaban J connectivity index is 1.59. The van der Waals surface area contributed by atoms with Crippen LogP contribution in [0.5, 0.6) is 5.75 Å². The lowest BCUT2D eigenvalue weighted by Crippen LogP contribution is -2.50. The molecule has 0 spiro atoms. The number of nitrogens with one attached hydrogen (secondary N) is 1. The second-order valence-corrected chi connectivity index (χ2v) is 15.9. The van der Waals surface area contributed by atoms with Crippen molar-refractivity contribution in [2.75, 3.05) is 35.8 Å². The maximum absolute atomic E-state index is 12.8. The molecule has 1 aliphatic rings. The molecule has 31 heavy (non-hydrogen) atoms. The smallest absolute Gasteiger partial charge is 0.302 e. The van der Waals surface area contributed by atoms with E-state index in [0.717, 1.165) is 5.82 Å². The van der Waals surface area contributed by atoms with E-state index in [1.54, 1.807) is 30.6 Å². The molecule has 0 saturated carbocycles. The van der Waals surface area contributed by atoms with Crippen LogP contribution in [0.1, 0.15) is 20.8 Å². The first-order chi connectivity index (χ1) is 14.4. The first-order valence-corrected chi connectivity index (χ1v) is 14.9. The van der Waals surface area contributed by atoms with Crippen LogP contribution in [-0.4, -0.2) is 57.2 Å². The molecule has 3 heterocycles. The van der Waals surface area contributed by atoms with Gasteiger partial charge in [0, 0.05) is 32.4 Å². The topological polar surface area (TPSA) is 87.7 Å². The van der Waals surface area contributed by atoms with Gasteiger partial charge < -0.3 is 9.33 Å². The molecule has 0 aromatic carbocycles. The minimum Gasteiger partial charge on any atom is -0.542 e. The van der Waals surface area contributed by atoms with Gasteiger partial charge in [0.25, 0.3) is 8.32 Å². The highest BCUT2D eigenvalue weighted by molar-refractivity contribution is 7.90. The van der Waals surface area contributed by atoms with Crippen molar-refractivity contribution in [3.63, 3.8) is 0 Å². The number of aromatic nitrogens is 2. The summed E-state index contributed by atoms with van der Waals surface area (Å²) in [5.74, 6) is 1.70. The van der Waals surface area contributed by atoms with Crippen LogP contribution in [0.25, 0.3) is 0 Å². The number of rotatable bonds is 6. The van der Waals surface area contributed by atoms with E-state index in [4.69, 9.17) is 16.0 Å². The van der Waals surface area contributed by atoms with Gasteiger partial charge in [-0.2, -0.15) is 12.7 Å². The van der Waals surface area contributed by atoms with Crippen LogP contribution in [0, 0.1) is 0 Å². The van der Waals surface area contributed by atoms with E-state index < -0.39 is 18.5 Å². The summed E-state index contributed by atoms with van der Waals surface area (Å²) in [7, 11) is -5.68. The lowest BCUT2D eigenvalue weighted by atomic mass is 10.2. The molecular weight excluding hydrogens is 454 g/mol. The second kappa shape index (κ2) is 8.93. The summed E-state index contributed by atoms with van der Waals surface area (Å²) >= 11 is 5.88. The average molecular weight is 484 g/mol. The summed E-state index contributed by atoms with van der Waals surface area (Å²) in [5, 5.41) is 0.638. The maximum Gasteiger partial charge on any atom is 0.302 e. The van der Waals surface area contributed by atoms with Crippen LogP contribution >= 0.6 is 11.6 Å². The number of pyridine rings is 2. The maximum atomic E-state index is 12.8. The Morgan fingerprint density at radius 3 is 2.23 bits per heavy atom. The van der Waals surface area contributed by atoms with Gasteiger partial charge in [-0.1, -0.05) is 32.4 Å². The predicted octanol–water partition coefficient (Wildman–Crippen LogP) is 3.99. The van der Waals surface area contributed by atoms with Gasteiger partial charge >= 0.3 is 10.2 Å². The van der Waals surface area contributed by atoms with Crippen molar-refractivity contribution in [3.05, 3.63) is 41.7 Å². The monoisotopic (exact) mass is 483 g/mol. The van der Waals surface area contributed by atoms with E-state index in [9.17, 15) is 8.42 Å². The van der Waals surface area contributed by atoms with Crippen LogP contribution < -0.4 is 14.0 Å². The fourth-order valence-electron chi connectivity index (χ4n) is 2.86. The van der Waals surface area contributed by atoms with Gasteiger partial charge in [0.05, 0.1) is 11.2 Å². The van der Waals surface area contributed by atoms with Gasteiger partial charge in [0.15, 0.2) is 0 Å². The number of piperazine rings is 1. The molecule has 0 radical (unpaired) electrons. The molecule has 0 aliphatic carbocycles. The number of nitrogens with zero attached hydrogens (tertiary/aromatic N) is 4. The summed E-state index contributed by atoms with van der Waals surface area (Å²) in [6, 6.07) is 7.00. The van der Waals surface area contributed by atoms with E-state index in [2.05, 4.69) is 48.6 Å². The van der Waals surface area contributed by atoms with Crippen LogP contribution in [0.2, 0.25) is 23.2 Å². The summed E-state index contributed by atoms with van der Waals surface area (Å²) in [4.78, 5) is 10.6. The van der Waals surface area contributed by atoms with Crippen molar-refractivity contribution in [1.82, 2.24) is 14.3 Å². The van der Waals surface area contributed by atoms with E-state index in [-0.39, 0.29) is 10.9 Å². The van der Waals surface area contributed by atoms with E-state index in [1.165, 1.54) is 4.31 Å². The molecule has 2 aromatic rings. The summed E-state index contributed by atoms with van der Waals surface area (Å²) in [5.41, 5.74) is 0. The standard InChI is InChI=1S/C20H30ClN5O3SSi/c1-20(2,3)31(4,5)29-17-7-8-18(22-15-17)24-30(27,28)26-12-10-25(11-13-26)19-9-6-16(21)14-23-19/h6-9,14-15H,10-13H2,1-5H3,(H,22,24). The lowest BCUT2D eigenvalue weighted by Gasteiger charge is -2.36. The quantitative estimate of drug-likeness (QED) is 0.625. The van der Waals surface area contributed by atoms with Crippen molar-refractivity contribution in [2.45, 2.75) is 38.9 Å². The summed E-state index contributed by atoms with van der Waals surface area (Å²) < 4.78 is 35.8. The number of hydrogen-bond donors (Lipinski definition) is 1. The van der Waals surface area contributed by atoms with Crippen molar-refractivity contribution in [2.24, 2.45) is 0 Å². The molecule has 170 valence electrons. The SMILES string of the molecule is CC(C)(C)[Si](C)(C)Oc1ccc(NS(=O)(=O)N2CCN(c3ccc(Cl)cn3)CC2)nc1. The van der Waals surface area contributed by atoms with Crippen LogP contribution in [0.4, 0.5) is 11.6 Å². The molecule has 1 saturated heterocycles. The minimum absolute atomic E-state index is 0.0664. The lowest BCUT2D eigenvalue weighted by molar-refractivity contribution is 0.386. The molecule has 1 N–H and O–H groups in total. The van der Waals surface area contributed by atoms with Gasteiger partial charge in [-0.25, -0.2) is 9.97 Å². The molecule has 1 fully saturated rings. The first kappa shape index (κ1) is 23.8. The molecule has 11 heteroatoms. The molecule has 0 unspecified atom stereocenters. The fourth-order valence-corrected chi connectivity index (χ4v) is 5.14. The average Bonchev–Trinajstić information content (AvgIpc) is 2.69. The molecule has 3 rings (SSSR count). The van der Waals surface area contributed by atoms with Crippen LogP contribution in [0.15, 0.2) is 36.7 Å². The Labute approximate surface area is 190 Å². The Morgan fingerprint density at radius 2 is 1.71 bits per heavy atom. The number of anilines is 2. The largest absolute Gasteiger partial charge is 0.542 e. The van der Waals surface area contributed by atoms with Crippen molar-refractivity contribution in [1.29, 1.82) is 0 Å². The highest BCUT2D eigenvalue weighted by Gasteiger charge is 2.39. The van der Waals surface area contributed by atoms with Gasteiger partial charge in [0.2, 0.25) is 0 Å². The van der Waals surface area contributed by atoms with Crippen LogP contribution in [0.3, 0.4) is 0 Å². The third kappa shape index (κ3) is 5.88. The van der Waals surface area contributed by atoms with Gasteiger partial charge in [0.1, 0.15) is 17.4 Å². The zero-order valence-electron chi connectivity index (χ0n) is 18.6. The molecule has 8 nitrogen and oxygen atoms in total. The minimum atomic E-state index is -3.70. The highest BCUT2D eigenvalue weighted by Crippen LogP contribution is 2.37. The third-order valence-electron chi connectivity index (χ3n) is 5.76. The predicted molar refractivity (Wildman–Crippen MR) is 128 cm³/mol. The zero-order valence-corrected chi connectivity index (χ0v) is 21.2. The number of halogens is 1. The normalized spacial score (nSPS) is 16.3. The highest BCUT2D eigenvalue weighted by atomic mass is 35.5. The van der Waals surface area contributed by atoms with E-state index >= 15 is 0 Å². The molecule has 0 amide bonds. The first-order valence-electron chi connectivity index (χ1n) is 10.2. The molecule has 0 bridgehead atoms.